The topological polar surface area (TPSA) is 77.0 Å². The average Bonchev–Trinajstić information content (AvgIpc) is 3.01. The lowest BCUT2D eigenvalue weighted by atomic mass is 9.95. The van der Waals surface area contributed by atoms with Crippen molar-refractivity contribution < 1.29 is 9.53 Å². The van der Waals surface area contributed by atoms with Gasteiger partial charge in [0, 0.05) is 34.8 Å². The smallest absolute Gasteiger partial charge is 0.316 e. The van der Waals surface area contributed by atoms with Gasteiger partial charge >= 0.3 is 6.01 Å². The maximum absolute atomic E-state index is 12.2. The Hall–Kier alpha value is -1.67. The summed E-state index contributed by atoms with van der Waals surface area (Å²) in [4.78, 5) is 24.7. The molecule has 0 bridgehead atoms. The lowest BCUT2D eigenvalue weighted by molar-refractivity contribution is 0.0927. The zero-order valence-corrected chi connectivity index (χ0v) is 15.3. The summed E-state index contributed by atoms with van der Waals surface area (Å²) >= 11 is 3.58. The maximum Gasteiger partial charge on any atom is 0.316 e. The molecule has 0 spiro atoms. The largest absolute Gasteiger partial charge is 0.467 e. The minimum Gasteiger partial charge on any atom is -0.467 e. The summed E-state index contributed by atoms with van der Waals surface area (Å²) in [5, 5.41) is 5.76. The van der Waals surface area contributed by atoms with Gasteiger partial charge in [-0.1, -0.05) is 11.8 Å². The summed E-state index contributed by atoms with van der Waals surface area (Å²) in [5.74, 6) is -0.121. The molecule has 1 amide bonds. The van der Waals surface area contributed by atoms with Gasteiger partial charge in [-0.15, -0.1) is 11.3 Å². The predicted molar refractivity (Wildman–Crippen MR) is 94.8 cm³/mol. The first kappa shape index (κ1) is 17.2. The van der Waals surface area contributed by atoms with Crippen LogP contribution in [0.25, 0.3) is 0 Å². The Morgan fingerprint density at radius 3 is 2.58 bits per heavy atom. The van der Waals surface area contributed by atoms with Crippen LogP contribution in [0.1, 0.15) is 41.7 Å². The van der Waals surface area contributed by atoms with E-state index in [1.807, 2.05) is 18.7 Å². The average molecular weight is 364 g/mol. The van der Waals surface area contributed by atoms with Gasteiger partial charge in [-0.25, -0.2) is 15.0 Å². The quantitative estimate of drug-likeness (QED) is 0.878. The van der Waals surface area contributed by atoms with E-state index in [0.29, 0.717) is 10.8 Å². The van der Waals surface area contributed by atoms with Gasteiger partial charge in [0.2, 0.25) is 0 Å². The second-order valence-electron chi connectivity index (χ2n) is 5.78. The number of aryl methyl sites for hydroxylation is 1. The Morgan fingerprint density at radius 2 is 2.00 bits per heavy atom. The number of nitrogens with zero attached hydrogens (tertiary/aromatic N) is 3. The summed E-state index contributed by atoms with van der Waals surface area (Å²) in [5.41, 5.74) is 1.55. The van der Waals surface area contributed by atoms with Crippen LogP contribution in [0.2, 0.25) is 0 Å². The maximum atomic E-state index is 12.2. The summed E-state index contributed by atoms with van der Waals surface area (Å²) in [6.45, 7) is 2.02. The number of thioether (sulfide) groups is 1. The van der Waals surface area contributed by atoms with E-state index >= 15 is 0 Å². The Bertz CT molecular complexity index is 682. The molecule has 0 radical (unpaired) electrons. The molecule has 0 unspecified atom stereocenters. The van der Waals surface area contributed by atoms with Crippen molar-refractivity contribution in [2.75, 3.05) is 7.11 Å². The third kappa shape index (κ3) is 4.45. The third-order valence-corrected chi connectivity index (χ3v) is 6.37. The summed E-state index contributed by atoms with van der Waals surface area (Å²) in [6.07, 6.45) is 7.15. The van der Waals surface area contributed by atoms with Crippen molar-refractivity contribution in [1.82, 2.24) is 20.3 Å². The second-order valence-corrected chi connectivity index (χ2v) is 8.18. The molecule has 2 aromatic heterocycles. The van der Waals surface area contributed by atoms with Crippen LogP contribution in [0.4, 0.5) is 0 Å². The van der Waals surface area contributed by atoms with Gasteiger partial charge in [0.05, 0.1) is 12.7 Å². The minimum atomic E-state index is -0.121. The van der Waals surface area contributed by atoms with Crippen molar-refractivity contribution in [2.24, 2.45) is 0 Å². The monoisotopic (exact) mass is 364 g/mol. The molecule has 2 heterocycles. The van der Waals surface area contributed by atoms with Crippen LogP contribution in [0.5, 0.6) is 6.01 Å². The molecule has 0 saturated heterocycles. The van der Waals surface area contributed by atoms with E-state index in [9.17, 15) is 4.79 Å². The van der Waals surface area contributed by atoms with Crippen LogP contribution in [-0.4, -0.2) is 39.3 Å². The number of ether oxygens (including phenoxy) is 1. The van der Waals surface area contributed by atoms with Crippen LogP contribution >= 0.6 is 23.1 Å². The lowest BCUT2D eigenvalue weighted by Crippen LogP contribution is -2.38. The number of rotatable bonds is 5. The Morgan fingerprint density at radius 1 is 1.29 bits per heavy atom. The molecule has 1 aliphatic rings. The Labute approximate surface area is 149 Å². The van der Waals surface area contributed by atoms with E-state index in [4.69, 9.17) is 4.74 Å². The fourth-order valence-corrected chi connectivity index (χ4v) is 4.95. The number of aromatic nitrogens is 3. The number of hydrogen-bond donors (Lipinski definition) is 1. The number of thiazole rings is 1. The molecule has 1 fully saturated rings. The molecular formula is C16H20N4O2S2. The predicted octanol–water partition coefficient (Wildman–Crippen LogP) is 3.08. The molecule has 8 heteroatoms. The van der Waals surface area contributed by atoms with E-state index in [0.717, 1.165) is 35.7 Å². The molecule has 1 saturated carbocycles. The van der Waals surface area contributed by atoms with Crippen molar-refractivity contribution in [3.63, 3.8) is 0 Å². The molecule has 1 aliphatic carbocycles. The molecule has 3 rings (SSSR count). The van der Waals surface area contributed by atoms with Crippen molar-refractivity contribution in [2.45, 2.75) is 48.2 Å². The lowest BCUT2D eigenvalue weighted by Gasteiger charge is -2.28. The fraction of sp³-hybridized carbons (Fsp3) is 0.500. The number of hydrogen-bond acceptors (Lipinski definition) is 7. The zero-order valence-electron chi connectivity index (χ0n) is 13.7. The summed E-state index contributed by atoms with van der Waals surface area (Å²) in [7, 11) is 1.50. The first-order valence-corrected chi connectivity index (χ1v) is 9.65. The number of carbonyl (C=O) groups is 1. The van der Waals surface area contributed by atoms with E-state index in [-0.39, 0.29) is 18.0 Å². The molecule has 1 N–H and O–H groups in total. The van der Waals surface area contributed by atoms with Gasteiger partial charge in [-0.05, 0) is 32.6 Å². The number of nitrogens with one attached hydrogen (secondary N) is 1. The molecule has 24 heavy (non-hydrogen) atoms. The molecule has 0 atom stereocenters. The molecule has 0 aliphatic heterocycles. The number of carbonyl (C=O) groups excluding carboxylic acids is 1. The molecule has 2 aromatic rings. The number of amides is 1. The summed E-state index contributed by atoms with van der Waals surface area (Å²) in [6, 6.07) is 0.482. The normalized spacial score (nSPS) is 20.6. The Balaban J connectivity index is 1.46. The molecule has 0 aromatic carbocycles. The van der Waals surface area contributed by atoms with Crippen molar-refractivity contribution in [3.8, 4) is 6.01 Å². The van der Waals surface area contributed by atoms with E-state index in [2.05, 4.69) is 25.6 Å². The molecular weight excluding hydrogens is 344 g/mol. The second kappa shape index (κ2) is 7.94. The van der Waals surface area contributed by atoms with Crippen LogP contribution < -0.4 is 10.1 Å². The molecule has 128 valence electrons. The van der Waals surface area contributed by atoms with Crippen LogP contribution in [0.3, 0.4) is 0 Å². The van der Waals surface area contributed by atoms with Crippen LogP contribution in [0.15, 0.2) is 22.1 Å². The first-order chi connectivity index (χ1) is 11.6. The highest BCUT2D eigenvalue weighted by molar-refractivity contribution is 8.01. The zero-order chi connectivity index (χ0) is 16.9. The van der Waals surface area contributed by atoms with Crippen LogP contribution in [0, 0.1) is 6.92 Å². The van der Waals surface area contributed by atoms with Gasteiger partial charge in [-0.3, -0.25) is 4.79 Å². The van der Waals surface area contributed by atoms with Gasteiger partial charge in [0.15, 0.2) is 0 Å². The number of methoxy groups -OCH3 is 1. The SMILES string of the molecule is COc1ncc(C(=O)NC2CCC(Sc3nc(C)cs3)CC2)cn1. The highest BCUT2D eigenvalue weighted by Gasteiger charge is 2.24. The minimum absolute atomic E-state index is 0.121. The first-order valence-electron chi connectivity index (χ1n) is 7.89. The third-order valence-electron chi connectivity index (χ3n) is 3.95. The van der Waals surface area contributed by atoms with E-state index < -0.39 is 0 Å². The van der Waals surface area contributed by atoms with E-state index in [1.165, 1.54) is 19.5 Å². The van der Waals surface area contributed by atoms with Crippen molar-refractivity contribution in [3.05, 3.63) is 29.0 Å². The van der Waals surface area contributed by atoms with Gasteiger partial charge in [0.25, 0.3) is 5.91 Å². The fourth-order valence-electron chi connectivity index (χ4n) is 2.66. The van der Waals surface area contributed by atoms with Gasteiger partial charge in [-0.2, -0.15) is 0 Å². The van der Waals surface area contributed by atoms with Crippen LogP contribution in [-0.2, 0) is 0 Å². The van der Waals surface area contributed by atoms with Crippen molar-refractivity contribution >= 4 is 29.0 Å². The van der Waals surface area contributed by atoms with Gasteiger partial charge < -0.3 is 10.1 Å². The highest BCUT2D eigenvalue weighted by Crippen LogP contribution is 2.35. The van der Waals surface area contributed by atoms with Crippen molar-refractivity contribution in [1.29, 1.82) is 0 Å². The summed E-state index contributed by atoms with van der Waals surface area (Å²) < 4.78 is 6.05. The highest BCUT2D eigenvalue weighted by atomic mass is 32.2. The molecule has 6 nitrogen and oxygen atoms in total. The van der Waals surface area contributed by atoms with E-state index in [1.54, 1.807) is 11.3 Å². The Kier molecular flexibility index (Phi) is 5.68. The van der Waals surface area contributed by atoms with Gasteiger partial charge in [0.1, 0.15) is 4.34 Å². The standard InChI is InChI=1S/C16H20N4O2S2/c1-10-9-23-16(19-10)24-13-5-3-12(4-6-13)20-14(21)11-7-17-15(22-2)18-8-11/h7-9,12-13H,3-6H2,1-2H3,(H,20,21).